The number of ketones is 1. The van der Waals surface area contributed by atoms with Gasteiger partial charge in [-0.3, -0.25) is 4.79 Å². The third kappa shape index (κ3) is 7.16. The van der Waals surface area contributed by atoms with Crippen molar-refractivity contribution in [1.82, 2.24) is 0 Å². The number of hydrogen-bond acceptors (Lipinski definition) is 7. The summed E-state index contributed by atoms with van der Waals surface area (Å²) in [4.78, 5) is 24.9. The van der Waals surface area contributed by atoms with Gasteiger partial charge in [0.1, 0.15) is 25.8 Å². The van der Waals surface area contributed by atoms with E-state index in [2.05, 4.69) is 0 Å². The molecule has 1 aromatic carbocycles. The van der Waals surface area contributed by atoms with Gasteiger partial charge in [0.2, 0.25) is 0 Å². The second-order valence-corrected chi connectivity index (χ2v) is 6.46. The average Bonchev–Trinajstić information content (AvgIpc) is 2.72. The van der Waals surface area contributed by atoms with Crippen molar-refractivity contribution in [3.8, 4) is 0 Å². The Bertz CT molecular complexity index is 629. The van der Waals surface area contributed by atoms with Crippen molar-refractivity contribution in [2.45, 2.75) is 44.0 Å². The van der Waals surface area contributed by atoms with Crippen LogP contribution in [0.15, 0.2) is 42.5 Å². The molecule has 154 valence electrons. The predicted molar refractivity (Wildman–Crippen MR) is 102 cm³/mol. The van der Waals surface area contributed by atoms with Crippen LogP contribution < -0.4 is 0 Å². The summed E-state index contributed by atoms with van der Waals surface area (Å²) in [6, 6.07) is 8.88. The van der Waals surface area contributed by atoms with Gasteiger partial charge < -0.3 is 23.7 Å². The van der Waals surface area contributed by atoms with E-state index in [1.807, 2.05) is 6.07 Å². The smallest absolute Gasteiger partial charge is 0.338 e. The highest BCUT2D eigenvalue weighted by atomic mass is 16.7. The van der Waals surface area contributed by atoms with E-state index in [0.29, 0.717) is 31.2 Å². The van der Waals surface area contributed by atoms with Gasteiger partial charge in [0, 0.05) is 14.2 Å². The number of carbonyl (C=O) groups is 2. The maximum absolute atomic E-state index is 12.5. The molecule has 0 saturated carbocycles. The van der Waals surface area contributed by atoms with Gasteiger partial charge in [0.25, 0.3) is 0 Å². The maximum atomic E-state index is 12.5. The van der Waals surface area contributed by atoms with Crippen molar-refractivity contribution in [2.24, 2.45) is 0 Å². The molecule has 3 unspecified atom stereocenters. The standard InChI is InChI=1S/C21H28O7/c1-24-14-26-19-13-12-17(28-21(23)16-8-4-3-5-9-16)10-6-7-11-18(22)20(19)27-15-25-2/h3-5,7-9,11,17,19-20H,6,10,12-15H2,1-2H3/b11-7+. The van der Waals surface area contributed by atoms with Gasteiger partial charge in [-0.1, -0.05) is 24.3 Å². The molecule has 0 N–H and O–H groups in total. The second kappa shape index (κ2) is 12.4. The summed E-state index contributed by atoms with van der Waals surface area (Å²) in [5.74, 6) is -0.540. The fourth-order valence-electron chi connectivity index (χ4n) is 2.97. The van der Waals surface area contributed by atoms with Gasteiger partial charge in [0.05, 0.1) is 11.7 Å². The van der Waals surface area contributed by atoms with Crippen molar-refractivity contribution >= 4 is 11.8 Å². The van der Waals surface area contributed by atoms with Crippen LogP contribution in [0, 0.1) is 0 Å². The Morgan fingerprint density at radius 3 is 2.43 bits per heavy atom. The van der Waals surface area contributed by atoms with Gasteiger partial charge in [-0.25, -0.2) is 4.79 Å². The quantitative estimate of drug-likeness (QED) is 0.497. The Hall–Kier alpha value is -2.06. The molecule has 0 aliphatic heterocycles. The molecule has 0 amide bonds. The van der Waals surface area contributed by atoms with E-state index >= 15 is 0 Å². The van der Waals surface area contributed by atoms with E-state index in [9.17, 15) is 9.59 Å². The minimum atomic E-state index is -0.810. The third-order valence-corrected chi connectivity index (χ3v) is 4.38. The molecule has 0 saturated heterocycles. The number of carbonyl (C=O) groups excluding carboxylic acids is 2. The molecule has 1 aliphatic carbocycles. The summed E-state index contributed by atoms with van der Waals surface area (Å²) in [7, 11) is 3.00. The van der Waals surface area contributed by atoms with Gasteiger partial charge >= 0.3 is 5.97 Å². The molecule has 1 aliphatic rings. The number of benzene rings is 1. The molecular weight excluding hydrogens is 364 g/mol. The summed E-state index contributed by atoms with van der Waals surface area (Å²) in [6.07, 6.45) is 3.89. The van der Waals surface area contributed by atoms with Crippen LogP contribution in [0.25, 0.3) is 0 Å². The molecule has 28 heavy (non-hydrogen) atoms. The Morgan fingerprint density at radius 1 is 1.00 bits per heavy atom. The van der Waals surface area contributed by atoms with Gasteiger partial charge in [0.15, 0.2) is 5.78 Å². The molecule has 0 heterocycles. The Labute approximate surface area is 165 Å². The second-order valence-electron chi connectivity index (χ2n) is 6.46. The lowest BCUT2D eigenvalue weighted by molar-refractivity contribution is -0.169. The van der Waals surface area contributed by atoms with Crippen LogP contribution in [-0.4, -0.2) is 57.9 Å². The van der Waals surface area contributed by atoms with Crippen LogP contribution >= 0.6 is 0 Å². The number of allylic oxidation sites excluding steroid dienone is 1. The van der Waals surface area contributed by atoms with E-state index in [1.54, 1.807) is 30.3 Å². The first-order chi connectivity index (χ1) is 13.7. The van der Waals surface area contributed by atoms with Crippen molar-refractivity contribution in [2.75, 3.05) is 27.8 Å². The lowest BCUT2D eigenvalue weighted by Gasteiger charge is -2.27. The topological polar surface area (TPSA) is 80.3 Å². The van der Waals surface area contributed by atoms with Crippen LogP contribution in [0.1, 0.15) is 36.0 Å². The molecule has 0 bridgehead atoms. The summed E-state index contributed by atoms with van der Waals surface area (Å²) < 4.78 is 26.9. The molecule has 0 spiro atoms. The molecule has 3 atom stereocenters. The Morgan fingerprint density at radius 2 is 1.71 bits per heavy atom. The Kier molecular flexibility index (Phi) is 9.85. The molecule has 7 nitrogen and oxygen atoms in total. The highest BCUT2D eigenvalue weighted by Crippen LogP contribution is 2.21. The summed E-state index contributed by atoms with van der Waals surface area (Å²) >= 11 is 0. The van der Waals surface area contributed by atoms with E-state index < -0.39 is 12.2 Å². The molecule has 0 fully saturated rings. The monoisotopic (exact) mass is 392 g/mol. The van der Waals surface area contributed by atoms with Crippen LogP contribution in [-0.2, 0) is 28.5 Å². The minimum Gasteiger partial charge on any atom is -0.459 e. The molecule has 2 rings (SSSR count). The van der Waals surface area contributed by atoms with Crippen molar-refractivity contribution in [1.29, 1.82) is 0 Å². The first-order valence-corrected chi connectivity index (χ1v) is 9.33. The number of hydrogen-bond donors (Lipinski definition) is 0. The van der Waals surface area contributed by atoms with E-state index in [1.165, 1.54) is 20.3 Å². The molecule has 1 aromatic rings. The summed E-state index contributed by atoms with van der Waals surface area (Å²) in [6.45, 7) is 0.00643. The highest BCUT2D eigenvalue weighted by Gasteiger charge is 2.30. The van der Waals surface area contributed by atoms with E-state index in [0.717, 1.165) is 0 Å². The van der Waals surface area contributed by atoms with Gasteiger partial charge in [-0.2, -0.15) is 0 Å². The fraction of sp³-hybridized carbons (Fsp3) is 0.524. The van der Waals surface area contributed by atoms with Crippen LogP contribution in [0.4, 0.5) is 0 Å². The van der Waals surface area contributed by atoms with Crippen LogP contribution in [0.2, 0.25) is 0 Å². The zero-order valence-corrected chi connectivity index (χ0v) is 16.4. The predicted octanol–water partition coefficient (Wildman–Crippen LogP) is 2.89. The van der Waals surface area contributed by atoms with Crippen molar-refractivity contribution in [3.63, 3.8) is 0 Å². The number of ether oxygens (including phenoxy) is 5. The Balaban J connectivity index is 2.08. The third-order valence-electron chi connectivity index (χ3n) is 4.38. The maximum Gasteiger partial charge on any atom is 0.338 e. The van der Waals surface area contributed by atoms with Crippen LogP contribution in [0.5, 0.6) is 0 Å². The first kappa shape index (κ1) is 22.2. The zero-order valence-electron chi connectivity index (χ0n) is 16.4. The number of rotatable bonds is 8. The minimum absolute atomic E-state index is 0.0243. The first-order valence-electron chi connectivity index (χ1n) is 9.33. The zero-order chi connectivity index (χ0) is 20.2. The van der Waals surface area contributed by atoms with Gasteiger partial charge in [-0.15, -0.1) is 0 Å². The molecule has 7 heteroatoms. The normalized spacial score (nSPS) is 24.5. The molecule has 0 aromatic heterocycles. The van der Waals surface area contributed by atoms with E-state index in [4.69, 9.17) is 23.7 Å². The van der Waals surface area contributed by atoms with Crippen molar-refractivity contribution < 1.29 is 33.3 Å². The number of esters is 1. The summed E-state index contributed by atoms with van der Waals surface area (Å²) in [5, 5.41) is 0. The SMILES string of the molecule is COCOC1CCC(OC(=O)c2ccccc2)CC/C=C/C(=O)C1OCOC. The van der Waals surface area contributed by atoms with Crippen LogP contribution in [0.3, 0.4) is 0 Å². The lowest BCUT2D eigenvalue weighted by Crippen LogP contribution is -2.39. The van der Waals surface area contributed by atoms with Gasteiger partial charge in [-0.05, 0) is 43.9 Å². The summed E-state index contributed by atoms with van der Waals surface area (Å²) in [5.41, 5.74) is 0.513. The number of methoxy groups -OCH3 is 2. The lowest BCUT2D eigenvalue weighted by atomic mass is 9.97. The highest BCUT2D eigenvalue weighted by molar-refractivity contribution is 5.94. The molecular formula is C21H28O7. The van der Waals surface area contributed by atoms with E-state index in [-0.39, 0.29) is 31.4 Å². The fourth-order valence-corrected chi connectivity index (χ4v) is 2.97. The van der Waals surface area contributed by atoms with Crippen molar-refractivity contribution in [3.05, 3.63) is 48.0 Å². The largest absolute Gasteiger partial charge is 0.459 e. The molecule has 0 radical (unpaired) electrons. The average molecular weight is 392 g/mol.